The lowest BCUT2D eigenvalue weighted by atomic mass is 10.1. The highest BCUT2D eigenvalue weighted by atomic mass is 35.5. The molecular weight excluding hydrogens is 312 g/mol. The number of aryl methyl sites for hydroxylation is 2. The first-order valence-electron chi connectivity index (χ1n) is 7.10. The topological polar surface area (TPSA) is 53.8 Å². The van der Waals surface area contributed by atoms with Crippen LogP contribution in [-0.4, -0.2) is 50.8 Å². The Balaban J connectivity index is 2.37. The Bertz CT molecular complexity index is 612. The lowest BCUT2D eigenvalue weighted by Crippen LogP contribution is -2.47. The molecule has 5 nitrogen and oxygen atoms in total. The van der Waals surface area contributed by atoms with Gasteiger partial charge in [-0.3, -0.25) is 0 Å². The van der Waals surface area contributed by atoms with Gasteiger partial charge in [-0.15, -0.1) is 11.6 Å². The van der Waals surface area contributed by atoms with E-state index in [0.29, 0.717) is 17.1 Å². The maximum atomic E-state index is 12.9. The highest BCUT2D eigenvalue weighted by Gasteiger charge is 2.35. The Labute approximate surface area is 131 Å². The average molecular weight is 335 g/mol. The Hall–Kier alpha value is -0.560. The number of likely N-dealkylation sites (tertiary alicyclic amines) is 1. The van der Waals surface area contributed by atoms with Crippen LogP contribution < -0.4 is 0 Å². The molecule has 1 aliphatic rings. The minimum absolute atomic E-state index is 0.00784. The molecular formula is C14H23ClN2O3S. The first-order chi connectivity index (χ1) is 9.78. The van der Waals surface area contributed by atoms with E-state index >= 15 is 0 Å². The van der Waals surface area contributed by atoms with E-state index in [1.165, 1.54) is 4.31 Å². The Morgan fingerprint density at radius 1 is 1.38 bits per heavy atom. The fourth-order valence-electron chi connectivity index (χ4n) is 2.98. The van der Waals surface area contributed by atoms with Gasteiger partial charge in [-0.05, 0) is 40.3 Å². The molecule has 1 fully saturated rings. The number of nitrogens with zero attached hydrogens (tertiary/aromatic N) is 2. The van der Waals surface area contributed by atoms with Crippen LogP contribution in [0, 0.1) is 13.8 Å². The summed E-state index contributed by atoms with van der Waals surface area (Å²) in [5.41, 5.74) is 0.574. The molecule has 1 aromatic heterocycles. The normalized spacial score (nSPS) is 21.1. The number of halogens is 1. The van der Waals surface area contributed by atoms with Gasteiger partial charge in [0.2, 0.25) is 10.0 Å². The van der Waals surface area contributed by atoms with Crippen molar-refractivity contribution in [3.63, 3.8) is 0 Å². The first-order valence-corrected chi connectivity index (χ1v) is 9.08. The quantitative estimate of drug-likeness (QED) is 0.793. The van der Waals surface area contributed by atoms with Crippen molar-refractivity contribution in [1.29, 1.82) is 0 Å². The van der Waals surface area contributed by atoms with Gasteiger partial charge >= 0.3 is 0 Å². The summed E-state index contributed by atoms with van der Waals surface area (Å²) in [6.45, 7) is 5.19. The van der Waals surface area contributed by atoms with Crippen molar-refractivity contribution < 1.29 is 12.8 Å². The molecule has 120 valence electrons. The van der Waals surface area contributed by atoms with E-state index in [9.17, 15) is 8.42 Å². The zero-order valence-electron chi connectivity index (χ0n) is 13.0. The average Bonchev–Trinajstić information content (AvgIpc) is 2.72. The number of hydrogen-bond donors (Lipinski definition) is 0. The van der Waals surface area contributed by atoms with Crippen LogP contribution in [0.4, 0.5) is 0 Å². The number of furan rings is 1. The lowest BCUT2D eigenvalue weighted by molar-refractivity contribution is 0.187. The predicted molar refractivity (Wildman–Crippen MR) is 83.2 cm³/mol. The monoisotopic (exact) mass is 334 g/mol. The van der Waals surface area contributed by atoms with Crippen molar-refractivity contribution >= 4 is 21.6 Å². The number of hydrogen-bond acceptors (Lipinski definition) is 4. The summed E-state index contributed by atoms with van der Waals surface area (Å²) >= 11 is 5.92. The summed E-state index contributed by atoms with van der Waals surface area (Å²) in [6.07, 6.45) is 1.89. The Morgan fingerprint density at radius 3 is 2.62 bits per heavy atom. The molecule has 7 heteroatoms. The molecule has 21 heavy (non-hydrogen) atoms. The maximum absolute atomic E-state index is 12.9. The van der Waals surface area contributed by atoms with Crippen molar-refractivity contribution in [2.45, 2.75) is 43.5 Å². The third-order valence-electron chi connectivity index (χ3n) is 4.21. The van der Waals surface area contributed by atoms with Crippen molar-refractivity contribution in [2.75, 3.05) is 27.2 Å². The summed E-state index contributed by atoms with van der Waals surface area (Å²) in [6, 6.07) is -0.00784. The van der Waals surface area contributed by atoms with E-state index in [1.807, 2.05) is 7.05 Å². The second-order valence-electron chi connectivity index (χ2n) is 5.74. The van der Waals surface area contributed by atoms with Crippen molar-refractivity contribution in [3.05, 3.63) is 17.1 Å². The molecule has 0 amide bonds. The van der Waals surface area contributed by atoms with E-state index in [4.69, 9.17) is 16.0 Å². The molecule has 1 saturated heterocycles. The van der Waals surface area contributed by atoms with E-state index in [2.05, 4.69) is 4.90 Å². The molecule has 0 aromatic carbocycles. The molecule has 0 spiro atoms. The van der Waals surface area contributed by atoms with Gasteiger partial charge < -0.3 is 9.32 Å². The number of sulfonamides is 1. The molecule has 0 saturated carbocycles. The molecule has 1 unspecified atom stereocenters. The van der Waals surface area contributed by atoms with Crippen LogP contribution in [0.2, 0.25) is 0 Å². The van der Waals surface area contributed by atoms with E-state index in [1.54, 1.807) is 20.9 Å². The van der Waals surface area contributed by atoms with Gasteiger partial charge in [0, 0.05) is 25.2 Å². The fourth-order valence-corrected chi connectivity index (χ4v) is 5.16. The molecule has 0 radical (unpaired) electrons. The highest BCUT2D eigenvalue weighted by molar-refractivity contribution is 7.89. The maximum Gasteiger partial charge on any atom is 0.246 e. The van der Waals surface area contributed by atoms with Crippen LogP contribution in [0.1, 0.15) is 29.9 Å². The minimum atomic E-state index is -3.59. The Kier molecular flexibility index (Phi) is 5.03. The van der Waals surface area contributed by atoms with E-state index in [-0.39, 0.29) is 16.8 Å². The zero-order valence-corrected chi connectivity index (χ0v) is 14.6. The summed E-state index contributed by atoms with van der Waals surface area (Å²) in [5, 5.41) is 0. The first kappa shape index (κ1) is 16.8. The van der Waals surface area contributed by atoms with Crippen LogP contribution in [-0.2, 0) is 15.9 Å². The van der Waals surface area contributed by atoms with Crippen molar-refractivity contribution in [2.24, 2.45) is 0 Å². The van der Waals surface area contributed by atoms with E-state index < -0.39 is 10.0 Å². The van der Waals surface area contributed by atoms with Gasteiger partial charge in [0.1, 0.15) is 16.4 Å². The van der Waals surface area contributed by atoms with Crippen molar-refractivity contribution in [3.8, 4) is 0 Å². The SMILES string of the molecule is Cc1oc(C)c(S(=O)(=O)N(C)C2CCCN(C)C2)c1CCl. The molecule has 0 aliphatic carbocycles. The van der Waals surface area contributed by atoms with Crippen LogP contribution in [0.5, 0.6) is 0 Å². The highest BCUT2D eigenvalue weighted by Crippen LogP contribution is 2.31. The third-order valence-corrected chi connectivity index (χ3v) is 6.58. The molecule has 0 bridgehead atoms. The summed E-state index contributed by atoms with van der Waals surface area (Å²) < 4.78 is 32.8. The summed E-state index contributed by atoms with van der Waals surface area (Å²) in [4.78, 5) is 2.40. The van der Waals surface area contributed by atoms with Gasteiger partial charge in [0.15, 0.2) is 0 Å². The second kappa shape index (κ2) is 6.28. The van der Waals surface area contributed by atoms with Crippen molar-refractivity contribution in [1.82, 2.24) is 9.21 Å². The standard InChI is InChI=1S/C14H23ClN2O3S/c1-10-13(8-15)14(11(2)20-10)21(18,19)17(4)12-6-5-7-16(3)9-12/h12H,5-9H2,1-4H3. The number of likely N-dealkylation sites (N-methyl/N-ethyl adjacent to an activating group) is 2. The fraction of sp³-hybridized carbons (Fsp3) is 0.714. The number of alkyl halides is 1. The summed E-state index contributed by atoms with van der Waals surface area (Å²) in [7, 11) is 0.0835. The summed E-state index contributed by atoms with van der Waals surface area (Å²) in [5.74, 6) is 1.13. The molecule has 1 atom stereocenters. The van der Waals surface area contributed by atoms with Gasteiger partial charge in [0.05, 0.1) is 5.88 Å². The van der Waals surface area contributed by atoms with Crippen LogP contribution >= 0.6 is 11.6 Å². The lowest BCUT2D eigenvalue weighted by Gasteiger charge is -2.35. The van der Waals surface area contributed by atoms with Crippen LogP contribution in [0.25, 0.3) is 0 Å². The van der Waals surface area contributed by atoms with Gasteiger partial charge in [-0.2, -0.15) is 4.31 Å². The molecule has 1 aliphatic heterocycles. The van der Waals surface area contributed by atoms with Crippen LogP contribution in [0.15, 0.2) is 9.31 Å². The number of rotatable bonds is 4. The zero-order chi connectivity index (χ0) is 15.8. The van der Waals surface area contributed by atoms with Crippen LogP contribution in [0.3, 0.4) is 0 Å². The van der Waals surface area contributed by atoms with Gasteiger partial charge in [-0.1, -0.05) is 0 Å². The van der Waals surface area contributed by atoms with Gasteiger partial charge in [0.25, 0.3) is 0 Å². The van der Waals surface area contributed by atoms with Gasteiger partial charge in [-0.25, -0.2) is 8.42 Å². The minimum Gasteiger partial charge on any atom is -0.465 e. The molecule has 1 aromatic rings. The Morgan fingerprint density at radius 2 is 2.05 bits per heavy atom. The number of piperidine rings is 1. The second-order valence-corrected chi connectivity index (χ2v) is 7.94. The predicted octanol–water partition coefficient (Wildman–Crippen LogP) is 2.35. The largest absolute Gasteiger partial charge is 0.465 e. The molecule has 2 rings (SSSR count). The smallest absolute Gasteiger partial charge is 0.246 e. The molecule has 2 heterocycles. The third kappa shape index (κ3) is 3.13. The molecule has 0 N–H and O–H groups in total. The van der Waals surface area contributed by atoms with E-state index in [0.717, 1.165) is 25.9 Å².